The van der Waals surface area contributed by atoms with E-state index in [0.29, 0.717) is 28.7 Å². The summed E-state index contributed by atoms with van der Waals surface area (Å²) in [5.74, 6) is 0.209. The number of hydrazone groups is 1. The predicted molar refractivity (Wildman–Crippen MR) is 144 cm³/mol. The van der Waals surface area contributed by atoms with E-state index in [1.165, 1.54) is 18.3 Å². The number of carbonyl (C=O) groups excluding carboxylic acids is 2. The molecule has 0 fully saturated rings. The van der Waals surface area contributed by atoms with Gasteiger partial charge in [-0.05, 0) is 85.2 Å². The first kappa shape index (κ1) is 28.2. The monoisotopic (exact) mass is 619 g/mol. The predicted octanol–water partition coefficient (Wildman–Crippen LogP) is 5.69. The maximum atomic E-state index is 12.7. The van der Waals surface area contributed by atoms with Crippen LogP contribution in [-0.4, -0.2) is 36.8 Å². The van der Waals surface area contributed by atoms with Crippen LogP contribution >= 0.6 is 45.8 Å². The van der Waals surface area contributed by atoms with Crippen LogP contribution in [0.2, 0.25) is 10.0 Å². The van der Waals surface area contributed by atoms with Gasteiger partial charge in [-0.15, -0.1) is 0 Å². The molecule has 2 aromatic rings. The molecule has 0 spiro atoms. The highest BCUT2D eigenvalue weighted by molar-refractivity contribution is 14.1. The molecule has 0 aliphatic heterocycles. The number of amides is 2. The third-order valence-electron chi connectivity index (χ3n) is 4.49. The smallest absolute Gasteiger partial charge is 0.262 e. The Labute approximate surface area is 223 Å². The van der Waals surface area contributed by atoms with Gasteiger partial charge in [0.2, 0.25) is 0 Å². The molecule has 0 radical (unpaired) electrons. The van der Waals surface area contributed by atoms with Crippen LogP contribution in [-0.2, 0) is 4.79 Å². The van der Waals surface area contributed by atoms with E-state index in [-0.39, 0.29) is 17.0 Å². The molecule has 2 N–H and O–H groups in total. The Hall–Kier alpha value is -2.04. The number of rotatable bonds is 10. The minimum absolute atomic E-state index is 0.00129. The number of hydrogen-bond acceptors (Lipinski definition) is 5. The summed E-state index contributed by atoms with van der Waals surface area (Å²) in [7, 11) is 0. The zero-order valence-electron chi connectivity index (χ0n) is 19.6. The van der Waals surface area contributed by atoms with E-state index in [1.807, 2.05) is 40.7 Å². The van der Waals surface area contributed by atoms with Crippen molar-refractivity contribution in [2.24, 2.45) is 11.0 Å². The number of benzene rings is 2. The Kier molecular flexibility index (Phi) is 10.9. The highest BCUT2D eigenvalue weighted by Crippen LogP contribution is 2.34. The minimum Gasteiger partial charge on any atom is -0.490 e. The lowest BCUT2D eigenvalue weighted by atomic mass is 10.0. The van der Waals surface area contributed by atoms with Crippen LogP contribution in [0.15, 0.2) is 35.4 Å². The maximum absolute atomic E-state index is 12.7. The molecule has 184 valence electrons. The Morgan fingerprint density at radius 1 is 1.12 bits per heavy atom. The van der Waals surface area contributed by atoms with Crippen molar-refractivity contribution in [1.82, 2.24) is 10.7 Å². The van der Waals surface area contributed by atoms with Gasteiger partial charge < -0.3 is 14.8 Å². The second-order valence-electron chi connectivity index (χ2n) is 7.99. The SMILES string of the molecule is CCOc1cc(/C=N/NC(=O)C(NC(=O)c2ccc(Cl)c(Cl)c2)C(C)C)cc(I)c1OC(C)C. The number of ether oxygens (including phenoxy) is 2. The van der Waals surface area contributed by atoms with Gasteiger partial charge in [0.25, 0.3) is 11.8 Å². The second-order valence-corrected chi connectivity index (χ2v) is 9.96. The van der Waals surface area contributed by atoms with Gasteiger partial charge in [-0.1, -0.05) is 37.0 Å². The summed E-state index contributed by atoms with van der Waals surface area (Å²) in [5.41, 5.74) is 3.53. The van der Waals surface area contributed by atoms with Crippen LogP contribution < -0.4 is 20.2 Å². The molecule has 10 heteroatoms. The molecule has 7 nitrogen and oxygen atoms in total. The fourth-order valence-electron chi connectivity index (χ4n) is 2.91. The Bertz CT molecular complexity index is 1060. The van der Waals surface area contributed by atoms with Crippen molar-refractivity contribution in [3.8, 4) is 11.5 Å². The summed E-state index contributed by atoms with van der Waals surface area (Å²) >= 11 is 14.1. The topological polar surface area (TPSA) is 89.0 Å². The average molecular weight is 620 g/mol. The Balaban J connectivity index is 2.12. The number of carbonyl (C=O) groups is 2. The van der Waals surface area contributed by atoms with Gasteiger partial charge in [0.05, 0.1) is 32.5 Å². The van der Waals surface area contributed by atoms with Gasteiger partial charge in [0.15, 0.2) is 11.5 Å². The summed E-state index contributed by atoms with van der Waals surface area (Å²) in [4.78, 5) is 25.4. The fourth-order valence-corrected chi connectivity index (χ4v) is 3.96. The average Bonchev–Trinajstić information content (AvgIpc) is 2.75. The van der Waals surface area contributed by atoms with E-state index in [2.05, 4.69) is 38.4 Å². The lowest BCUT2D eigenvalue weighted by Crippen LogP contribution is -2.48. The molecule has 0 aliphatic rings. The molecule has 2 aromatic carbocycles. The quantitative estimate of drug-likeness (QED) is 0.203. The van der Waals surface area contributed by atoms with Crippen molar-refractivity contribution in [3.05, 3.63) is 55.1 Å². The summed E-state index contributed by atoms with van der Waals surface area (Å²) in [5, 5.41) is 7.40. The van der Waals surface area contributed by atoms with Gasteiger partial charge in [-0.2, -0.15) is 5.10 Å². The van der Waals surface area contributed by atoms with Crippen molar-refractivity contribution in [3.63, 3.8) is 0 Å². The van der Waals surface area contributed by atoms with Crippen LogP contribution in [0.3, 0.4) is 0 Å². The lowest BCUT2D eigenvalue weighted by molar-refractivity contribution is -0.123. The highest BCUT2D eigenvalue weighted by atomic mass is 127. The molecular formula is C24H28Cl2IN3O4. The number of halogens is 3. The van der Waals surface area contributed by atoms with E-state index in [9.17, 15) is 9.59 Å². The molecule has 0 aromatic heterocycles. The van der Waals surface area contributed by atoms with Crippen LogP contribution in [0.4, 0.5) is 0 Å². The van der Waals surface area contributed by atoms with E-state index in [4.69, 9.17) is 32.7 Å². The first-order chi connectivity index (χ1) is 16.0. The minimum atomic E-state index is -0.806. The van der Waals surface area contributed by atoms with Crippen molar-refractivity contribution < 1.29 is 19.1 Å². The van der Waals surface area contributed by atoms with Crippen LogP contribution in [0.5, 0.6) is 11.5 Å². The first-order valence-electron chi connectivity index (χ1n) is 10.7. The maximum Gasteiger partial charge on any atom is 0.262 e. The fraction of sp³-hybridized carbons (Fsp3) is 0.375. The van der Waals surface area contributed by atoms with Gasteiger partial charge in [0, 0.05) is 5.56 Å². The van der Waals surface area contributed by atoms with Crippen molar-refractivity contribution in [1.29, 1.82) is 0 Å². The van der Waals surface area contributed by atoms with Crippen molar-refractivity contribution in [2.75, 3.05) is 6.61 Å². The largest absolute Gasteiger partial charge is 0.490 e. The van der Waals surface area contributed by atoms with E-state index in [0.717, 1.165) is 9.13 Å². The van der Waals surface area contributed by atoms with Crippen LogP contribution in [0, 0.1) is 9.49 Å². The Morgan fingerprint density at radius 2 is 1.82 bits per heavy atom. The number of nitrogens with zero attached hydrogens (tertiary/aromatic N) is 1. The second kappa shape index (κ2) is 13.2. The standard InChI is InChI=1S/C24H28Cl2IN3O4/c1-6-33-20-10-15(9-19(27)22(20)34-14(4)5)12-28-30-24(32)21(13(2)3)29-23(31)16-7-8-17(25)18(26)11-16/h7-14,21H,6H2,1-5H3,(H,29,31)(H,30,32)/b28-12+. The van der Waals surface area contributed by atoms with Gasteiger partial charge in [-0.3, -0.25) is 9.59 Å². The number of nitrogens with one attached hydrogen (secondary N) is 2. The van der Waals surface area contributed by atoms with Crippen molar-refractivity contribution >= 4 is 63.8 Å². The molecule has 0 saturated heterocycles. The van der Waals surface area contributed by atoms with E-state index in [1.54, 1.807) is 12.1 Å². The van der Waals surface area contributed by atoms with E-state index < -0.39 is 17.9 Å². The van der Waals surface area contributed by atoms with Crippen LogP contribution in [0.1, 0.15) is 50.5 Å². The van der Waals surface area contributed by atoms with Gasteiger partial charge in [-0.25, -0.2) is 5.43 Å². The molecule has 2 rings (SSSR count). The van der Waals surface area contributed by atoms with Gasteiger partial charge >= 0.3 is 0 Å². The summed E-state index contributed by atoms with van der Waals surface area (Å²) < 4.78 is 12.4. The third kappa shape index (κ3) is 8.02. The van der Waals surface area contributed by atoms with E-state index >= 15 is 0 Å². The van der Waals surface area contributed by atoms with Crippen molar-refractivity contribution in [2.45, 2.75) is 46.8 Å². The zero-order chi connectivity index (χ0) is 25.4. The molecule has 0 heterocycles. The number of hydrogen-bond donors (Lipinski definition) is 2. The molecular weight excluding hydrogens is 592 g/mol. The first-order valence-corrected chi connectivity index (χ1v) is 12.6. The van der Waals surface area contributed by atoms with Crippen LogP contribution in [0.25, 0.3) is 0 Å². The molecule has 34 heavy (non-hydrogen) atoms. The lowest BCUT2D eigenvalue weighted by Gasteiger charge is -2.20. The highest BCUT2D eigenvalue weighted by Gasteiger charge is 2.25. The molecule has 0 bridgehead atoms. The Morgan fingerprint density at radius 3 is 2.41 bits per heavy atom. The molecule has 0 saturated carbocycles. The molecule has 0 aliphatic carbocycles. The molecule has 2 amide bonds. The third-order valence-corrected chi connectivity index (χ3v) is 6.03. The summed E-state index contributed by atoms with van der Waals surface area (Å²) in [6.45, 7) is 9.92. The summed E-state index contributed by atoms with van der Waals surface area (Å²) in [6, 6.07) is 7.40. The zero-order valence-corrected chi connectivity index (χ0v) is 23.3. The summed E-state index contributed by atoms with van der Waals surface area (Å²) in [6.07, 6.45) is 1.51. The van der Waals surface area contributed by atoms with Gasteiger partial charge in [0.1, 0.15) is 6.04 Å². The molecule has 1 atom stereocenters. The molecule has 1 unspecified atom stereocenters. The normalized spacial score (nSPS) is 12.2.